The number of hydrogen-bond donors (Lipinski definition) is 1. The van der Waals surface area contributed by atoms with Crippen LogP contribution in [0.15, 0.2) is 18.2 Å². The van der Waals surface area contributed by atoms with Crippen LogP contribution in [0.3, 0.4) is 0 Å². The van der Waals surface area contributed by atoms with Gasteiger partial charge in [0.1, 0.15) is 0 Å². The Morgan fingerprint density at radius 2 is 2.32 bits per heavy atom. The molecule has 1 unspecified atom stereocenters. The maximum Gasteiger partial charge on any atom is 0.308 e. The fraction of sp³-hybridized carbons (Fsp3) is 0.385. The second kappa shape index (κ2) is 5.26. The number of hydrogen-bond acceptors (Lipinski definition) is 3. The van der Waals surface area contributed by atoms with Gasteiger partial charge in [-0.1, -0.05) is 0 Å². The molecule has 102 valence electrons. The van der Waals surface area contributed by atoms with E-state index in [0.29, 0.717) is 12.3 Å². The number of carboxylic acid groups (broad SMARTS) is 1. The van der Waals surface area contributed by atoms with E-state index in [1.165, 1.54) is 17.0 Å². The highest BCUT2D eigenvalue weighted by Gasteiger charge is 2.35. The molecule has 1 atom stereocenters. The molecule has 0 radical (unpaired) electrons. The van der Waals surface area contributed by atoms with Crippen molar-refractivity contribution in [3.8, 4) is 5.75 Å². The third-order valence-corrected chi connectivity index (χ3v) is 3.00. The maximum atomic E-state index is 13.7. The smallest absolute Gasteiger partial charge is 0.308 e. The molecule has 1 aromatic carbocycles. The molecule has 1 fully saturated rings. The predicted molar refractivity (Wildman–Crippen MR) is 65.7 cm³/mol. The fourth-order valence-electron chi connectivity index (χ4n) is 2.05. The number of anilines is 1. The van der Waals surface area contributed by atoms with Crippen LogP contribution in [-0.2, 0) is 9.59 Å². The Hall–Kier alpha value is -2.11. The van der Waals surface area contributed by atoms with E-state index in [4.69, 9.17) is 9.84 Å². The van der Waals surface area contributed by atoms with Crippen LogP contribution in [0.4, 0.5) is 10.1 Å². The van der Waals surface area contributed by atoms with E-state index in [0.717, 1.165) is 0 Å². The molecular formula is C13H14FNO4. The highest BCUT2D eigenvalue weighted by Crippen LogP contribution is 2.29. The molecule has 1 saturated heterocycles. The molecule has 0 bridgehead atoms. The molecule has 19 heavy (non-hydrogen) atoms. The highest BCUT2D eigenvalue weighted by atomic mass is 19.1. The van der Waals surface area contributed by atoms with Gasteiger partial charge in [0.15, 0.2) is 11.6 Å². The molecular weight excluding hydrogens is 253 g/mol. The van der Waals surface area contributed by atoms with E-state index in [2.05, 4.69) is 0 Å². The molecule has 0 saturated carbocycles. The van der Waals surface area contributed by atoms with Crippen molar-refractivity contribution >= 4 is 17.6 Å². The van der Waals surface area contributed by atoms with E-state index in [1.807, 2.05) is 0 Å². The number of carbonyl (C=O) groups is 2. The van der Waals surface area contributed by atoms with Gasteiger partial charge in [-0.25, -0.2) is 4.39 Å². The van der Waals surface area contributed by atoms with E-state index < -0.39 is 17.7 Å². The first-order chi connectivity index (χ1) is 9.02. The third-order valence-electron chi connectivity index (χ3n) is 3.00. The molecule has 1 N–H and O–H groups in total. The van der Waals surface area contributed by atoms with Crippen molar-refractivity contribution in [3.05, 3.63) is 24.0 Å². The normalized spacial score (nSPS) is 18.7. The number of carbonyl (C=O) groups excluding carboxylic acids is 1. The Kier molecular flexibility index (Phi) is 3.69. The Bertz CT molecular complexity index is 517. The monoisotopic (exact) mass is 267 g/mol. The number of benzene rings is 1. The number of ether oxygens (including phenoxy) is 1. The summed E-state index contributed by atoms with van der Waals surface area (Å²) in [5.41, 5.74) is 0.356. The van der Waals surface area contributed by atoms with Crippen LogP contribution in [0.2, 0.25) is 0 Å². The molecule has 1 heterocycles. The first-order valence-electron chi connectivity index (χ1n) is 5.98. The predicted octanol–water partition coefficient (Wildman–Crippen LogP) is 1.66. The van der Waals surface area contributed by atoms with Crippen molar-refractivity contribution in [2.75, 3.05) is 18.1 Å². The van der Waals surface area contributed by atoms with Gasteiger partial charge in [0.2, 0.25) is 5.91 Å². The molecule has 2 rings (SSSR count). The Morgan fingerprint density at radius 1 is 1.58 bits per heavy atom. The lowest BCUT2D eigenvalue weighted by Crippen LogP contribution is -2.25. The van der Waals surface area contributed by atoms with Crippen molar-refractivity contribution in [2.24, 2.45) is 5.92 Å². The van der Waals surface area contributed by atoms with E-state index >= 15 is 0 Å². The largest absolute Gasteiger partial charge is 0.491 e. The van der Waals surface area contributed by atoms with E-state index in [1.54, 1.807) is 13.0 Å². The summed E-state index contributed by atoms with van der Waals surface area (Å²) in [6.07, 6.45) is -0.0514. The van der Waals surface area contributed by atoms with Crippen LogP contribution in [0.1, 0.15) is 13.3 Å². The zero-order valence-corrected chi connectivity index (χ0v) is 10.4. The first-order valence-corrected chi connectivity index (χ1v) is 5.98. The summed E-state index contributed by atoms with van der Waals surface area (Å²) in [6, 6.07) is 4.18. The standard InChI is InChI=1S/C13H14FNO4/c1-2-19-11-4-3-9(6-10(11)14)15-7-8(13(17)18)5-12(15)16/h3-4,6,8H,2,5,7H2,1H3,(H,17,18). The van der Waals surface area contributed by atoms with Gasteiger partial charge in [0, 0.05) is 24.7 Å². The minimum absolute atomic E-state index is 0.0514. The van der Waals surface area contributed by atoms with E-state index in [9.17, 15) is 14.0 Å². The van der Waals surface area contributed by atoms with Crippen LogP contribution in [0.25, 0.3) is 0 Å². The Morgan fingerprint density at radius 3 is 2.84 bits per heavy atom. The zero-order valence-electron chi connectivity index (χ0n) is 10.4. The van der Waals surface area contributed by atoms with Gasteiger partial charge in [-0.2, -0.15) is 0 Å². The molecule has 6 heteroatoms. The second-order valence-corrected chi connectivity index (χ2v) is 4.29. The minimum Gasteiger partial charge on any atom is -0.491 e. The minimum atomic E-state index is -1.01. The Labute approximate surface area is 109 Å². The van der Waals surface area contributed by atoms with Crippen molar-refractivity contribution in [3.63, 3.8) is 0 Å². The average molecular weight is 267 g/mol. The van der Waals surface area contributed by atoms with Crippen LogP contribution < -0.4 is 9.64 Å². The lowest BCUT2D eigenvalue weighted by atomic mass is 10.1. The summed E-state index contributed by atoms with van der Waals surface area (Å²) in [5.74, 6) is -2.50. The van der Waals surface area contributed by atoms with Crippen molar-refractivity contribution in [2.45, 2.75) is 13.3 Å². The average Bonchev–Trinajstić information content (AvgIpc) is 2.74. The quantitative estimate of drug-likeness (QED) is 0.901. The van der Waals surface area contributed by atoms with Gasteiger partial charge in [-0.15, -0.1) is 0 Å². The van der Waals surface area contributed by atoms with Crippen LogP contribution >= 0.6 is 0 Å². The van der Waals surface area contributed by atoms with Crippen molar-refractivity contribution < 1.29 is 23.8 Å². The number of nitrogens with zero attached hydrogens (tertiary/aromatic N) is 1. The summed E-state index contributed by atoms with van der Waals surface area (Å²) in [4.78, 5) is 23.9. The van der Waals surface area contributed by atoms with Gasteiger partial charge in [-0.3, -0.25) is 9.59 Å². The fourth-order valence-corrected chi connectivity index (χ4v) is 2.05. The number of aliphatic carboxylic acids is 1. The lowest BCUT2D eigenvalue weighted by Gasteiger charge is -2.17. The third kappa shape index (κ3) is 2.67. The second-order valence-electron chi connectivity index (χ2n) is 4.29. The van der Waals surface area contributed by atoms with Crippen LogP contribution in [0, 0.1) is 11.7 Å². The van der Waals surface area contributed by atoms with Gasteiger partial charge < -0.3 is 14.7 Å². The molecule has 5 nitrogen and oxygen atoms in total. The molecule has 1 aliphatic heterocycles. The molecule has 0 aliphatic carbocycles. The molecule has 1 aromatic rings. The number of carboxylic acids is 1. The number of amides is 1. The van der Waals surface area contributed by atoms with Gasteiger partial charge in [0.05, 0.1) is 12.5 Å². The van der Waals surface area contributed by atoms with Gasteiger partial charge in [0.25, 0.3) is 0 Å². The van der Waals surface area contributed by atoms with E-state index in [-0.39, 0.29) is 24.6 Å². The maximum absolute atomic E-state index is 13.7. The topological polar surface area (TPSA) is 66.8 Å². The van der Waals surface area contributed by atoms with Crippen LogP contribution in [0.5, 0.6) is 5.75 Å². The summed E-state index contributed by atoms with van der Waals surface area (Å²) < 4.78 is 18.8. The zero-order chi connectivity index (χ0) is 14.0. The first kappa shape index (κ1) is 13.3. The van der Waals surface area contributed by atoms with Gasteiger partial charge >= 0.3 is 5.97 Å². The van der Waals surface area contributed by atoms with Crippen molar-refractivity contribution in [1.29, 1.82) is 0 Å². The molecule has 0 spiro atoms. The Balaban J connectivity index is 2.21. The number of halogens is 1. The number of rotatable bonds is 4. The summed E-state index contributed by atoms with van der Waals surface area (Å²) in [6.45, 7) is 2.16. The summed E-state index contributed by atoms with van der Waals surface area (Å²) in [5, 5.41) is 8.89. The van der Waals surface area contributed by atoms with Crippen LogP contribution in [-0.4, -0.2) is 30.1 Å². The lowest BCUT2D eigenvalue weighted by molar-refractivity contribution is -0.141. The van der Waals surface area contributed by atoms with Crippen molar-refractivity contribution in [1.82, 2.24) is 0 Å². The highest BCUT2D eigenvalue weighted by molar-refractivity contribution is 5.99. The van der Waals surface area contributed by atoms with Gasteiger partial charge in [-0.05, 0) is 19.1 Å². The molecule has 0 aromatic heterocycles. The molecule has 1 amide bonds. The SMILES string of the molecule is CCOc1ccc(N2CC(C(=O)O)CC2=O)cc1F. The summed E-state index contributed by atoms with van der Waals surface area (Å²) >= 11 is 0. The molecule has 1 aliphatic rings. The summed E-state index contributed by atoms with van der Waals surface area (Å²) in [7, 11) is 0.